The Labute approximate surface area is 174 Å². The van der Waals surface area contributed by atoms with Crippen molar-refractivity contribution in [2.24, 2.45) is 4.99 Å². The van der Waals surface area contributed by atoms with Gasteiger partial charge >= 0.3 is 0 Å². The zero-order valence-corrected chi connectivity index (χ0v) is 18.1. The van der Waals surface area contributed by atoms with Crippen molar-refractivity contribution in [1.29, 1.82) is 0 Å². The fourth-order valence-corrected chi connectivity index (χ4v) is 3.72. The molecule has 1 N–H and O–H groups in total. The monoisotopic (exact) mass is 395 g/mol. The first-order valence-electron chi connectivity index (χ1n) is 10.2. The highest BCUT2D eigenvalue weighted by molar-refractivity contribution is 5.80. The molecule has 1 aliphatic rings. The molecule has 0 saturated carbocycles. The van der Waals surface area contributed by atoms with Crippen LogP contribution in [0.15, 0.2) is 53.5 Å². The van der Waals surface area contributed by atoms with Gasteiger partial charge < -0.3 is 24.8 Å². The Balaban J connectivity index is 1.57. The van der Waals surface area contributed by atoms with Gasteiger partial charge in [-0.05, 0) is 37.4 Å². The maximum atomic E-state index is 5.36. The Bertz CT molecular complexity index is 812. The molecule has 0 aliphatic carbocycles. The molecular weight excluding hydrogens is 362 g/mol. The topological polar surface area (TPSA) is 43.3 Å². The Morgan fingerprint density at radius 3 is 2.41 bits per heavy atom. The second-order valence-electron chi connectivity index (χ2n) is 7.58. The van der Waals surface area contributed by atoms with Gasteiger partial charge in [0.15, 0.2) is 5.96 Å². The Hall–Kier alpha value is -2.73. The molecule has 1 heterocycles. The molecule has 6 heteroatoms. The molecule has 0 unspecified atom stereocenters. The molecule has 6 nitrogen and oxygen atoms in total. The highest BCUT2D eigenvalue weighted by atomic mass is 16.5. The predicted octanol–water partition coefficient (Wildman–Crippen LogP) is 2.65. The minimum atomic E-state index is 0.785. The Kier molecular flexibility index (Phi) is 7.36. The van der Waals surface area contributed by atoms with Gasteiger partial charge in [-0.2, -0.15) is 0 Å². The molecule has 3 rings (SSSR count). The van der Waals surface area contributed by atoms with Gasteiger partial charge in [0.1, 0.15) is 5.75 Å². The third-order valence-electron chi connectivity index (χ3n) is 5.25. The molecule has 0 spiro atoms. The highest BCUT2D eigenvalue weighted by Crippen LogP contribution is 2.22. The summed E-state index contributed by atoms with van der Waals surface area (Å²) in [6.07, 6.45) is 0. The van der Waals surface area contributed by atoms with Crippen molar-refractivity contribution in [1.82, 2.24) is 15.1 Å². The van der Waals surface area contributed by atoms with Crippen LogP contribution in [0, 0.1) is 0 Å². The SMILES string of the molecule is CN=C(NCc1ccccc1CN(C)C)N1CCN(c2cccc(OC)c2)CC1. The van der Waals surface area contributed by atoms with E-state index in [0.29, 0.717) is 0 Å². The fraction of sp³-hybridized carbons (Fsp3) is 0.435. The highest BCUT2D eigenvalue weighted by Gasteiger charge is 2.20. The van der Waals surface area contributed by atoms with E-state index < -0.39 is 0 Å². The molecule has 2 aromatic carbocycles. The second-order valence-corrected chi connectivity index (χ2v) is 7.58. The quantitative estimate of drug-likeness (QED) is 0.602. The summed E-state index contributed by atoms with van der Waals surface area (Å²) in [5, 5.41) is 3.56. The van der Waals surface area contributed by atoms with E-state index in [1.165, 1.54) is 16.8 Å². The van der Waals surface area contributed by atoms with Crippen LogP contribution in [0.1, 0.15) is 11.1 Å². The first-order chi connectivity index (χ1) is 14.1. The molecule has 1 fully saturated rings. The van der Waals surface area contributed by atoms with Crippen LogP contribution in [0.3, 0.4) is 0 Å². The van der Waals surface area contributed by atoms with Crippen molar-refractivity contribution in [3.63, 3.8) is 0 Å². The van der Waals surface area contributed by atoms with Crippen molar-refractivity contribution < 1.29 is 4.74 Å². The van der Waals surface area contributed by atoms with Crippen LogP contribution in [-0.4, -0.2) is 70.2 Å². The van der Waals surface area contributed by atoms with Gasteiger partial charge in [0.05, 0.1) is 7.11 Å². The largest absolute Gasteiger partial charge is 0.497 e. The van der Waals surface area contributed by atoms with E-state index in [1.54, 1.807) is 7.11 Å². The van der Waals surface area contributed by atoms with Gasteiger partial charge in [-0.3, -0.25) is 4.99 Å². The van der Waals surface area contributed by atoms with E-state index in [2.05, 4.69) is 75.5 Å². The molecule has 1 aliphatic heterocycles. The minimum absolute atomic E-state index is 0.785. The smallest absolute Gasteiger partial charge is 0.194 e. The van der Waals surface area contributed by atoms with Crippen LogP contribution < -0.4 is 15.0 Å². The Morgan fingerprint density at radius 2 is 1.76 bits per heavy atom. The summed E-state index contributed by atoms with van der Waals surface area (Å²) in [5.41, 5.74) is 3.88. The normalized spacial score (nSPS) is 15.0. The summed E-state index contributed by atoms with van der Waals surface area (Å²) < 4.78 is 5.36. The average molecular weight is 396 g/mol. The summed E-state index contributed by atoms with van der Waals surface area (Å²) in [6.45, 7) is 5.53. The van der Waals surface area contributed by atoms with E-state index in [9.17, 15) is 0 Å². The first-order valence-corrected chi connectivity index (χ1v) is 10.2. The van der Waals surface area contributed by atoms with E-state index in [0.717, 1.165) is 51.0 Å². The van der Waals surface area contributed by atoms with Gasteiger partial charge in [-0.25, -0.2) is 0 Å². The standard InChI is InChI=1S/C23H33N5O/c1-24-23(25-17-19-8-5-6-9-20(19)18-26(2)3)28-14-12-27(13-15-28)21-10-7-11-22(16-21)29-4/h5-11,16H,12-15,17-18H2,1-4H3,(H,24,25). The number of benzene rings is 2. The van der Waals surface area contributed by atoms with Gasteiger partial charge in [0.2, 0.25) is 0 Å². The number of ether oxygens (including phenoxy) is 1. The lowest BCUT2D eigenvalue weighted by Gasteiger charge is -2.37. The van der Waals surface area contributed by atoms with Crippen LogP contribution in [-0.2, 0) is 13.1 Å². The number of guanidine groups is 1. The molecular formula is C23H33N5O. The third-order valence-corrected chi connectivity index (χ3v) is 5.25. The van der Waals surface area contributed by atoms with Crippen LogP contribution >= 0.6 is 0 Å². The second kappa shape index (κ2) is 10.2. The van der Waals surface area contributed by atoms with E-state index in [4.69, 9.17) is 4.74 Å². The molecule has 156 valence electrons. The molecule has 29 heavy (non-hydrogen) atoms. The van der Waals surface area contributed by atoms with Crippen molar-refractivity contribution >= 4 is 11.6 Å². The van der Waals surface area contributed by atoms with Gasteiger partial charge in [-0.15, -0.1) is 0 Å². The summed E-state index contributed by atoms with van der Waals surface area (Å²) in [5.74, 6) is 1.87. The zero-order chi connectivity index (χ0) is 20.6. The van der Waals surface area contributed by atoms with Gasteiger partial charge in [0.25, 0.3) is 0 Å². The Morgan fingerprint density at radius 1 is 1.03 bits per heavy atom. The van der Waals surface area contributed by atoms with Crippen molar-refractivity contribution in [2.75, 3.05) is 59.3 Å². The van der Waals surface area contributed by atoms with Crippen LogP contribution in [0.5, 0.6) is 5.75 Å². The lowest BCUT2D eigenvalue weighted by molar-refractivity contribution is 0.371. The molecule has 2 aromatic rings. The predicted molar refractivity (Wildman–Crippen MR) is 121 cm³/mol. The third kappa shape index (κ3) is 5.64. The van der Waals surface area contributed by atoms with Crippen molar-refractivity contribution in [2.45, 2.75) is 13.1 Å². The molecule has 0 amide bonds. The van der Waals surface area contributed by atoms with Crippen molar-refractivity contribution in [3.8, 4) is 5.75 Å². The number of nitrogens with zero attached hydrogens (tertiary/aromatic N) is 4. The number of nitrogens with one attached hydrogen (secondary N) is 1. The maximum absolute atomic E-state index is 5.36. The fourth-order valence-electron chi connectivity index (χ4n) is 3.72. The molecule has 0 bridgehead atoms. The lowest BCUT2D eigenvalue weighted by atomic mass is 10.1. The molecule has 0 aromatic heterocycles. The summed E-state index contributed by atoms with van der Waals surface area (Å²) in [6, 6.07) is 16.9. The van der Waals surface area contributed by atoms with E-state index in [-0.39, 0.29) is 0 Å². The molecule has 0 atom stereocenters. The number of rotatable bonds is 6. The molecule has 1 saturated heterocycles. The number of piperazine rings is 1. The van der Waals surface area contributed by atoms with Gasteiger partial charge in [0, 0.05) is 58.1 Å². The van der Waals surface area contributed by atoms with Crippen LogP contribution in [0.4, 0.5) is 5.69 Å². The maximum Gasteiger partial charge on any atom is 0.194 e. The summed E-state index contributed by atoms with van der Waals surface area (Å²) in [4.78, 5) is 11.5. The number of hydrogen-bond acceptors (Lipinski definition) is 4. The number of hydrogen-bond donors (Lipinski definition) is 1. The number of methoxy groups -OCH3 is 1. The number of aliphatic imine (C=N–C) groups is 1. The average Bonchev–Trinajstić information content (AvgIpc) is 2.75. The first kappa shape index (κ1) is 21.0. The summed E-state index contributed by atoms with van der Waals surface area (Å²) in [7, 11) is 7.78. The number of anilines is 1. The van der Waals surface area contributed by atoms with Crippen LogP contribution in [0.2, 0.25) is 0 Å². The zero-order valence-electron chi connectivity index (χ0n) is 18.1. The van der Waals surface area contributed by atoms with E-state index in [1.807, 2.05) is 19.2 Å². The lowest BCUT2D eigenvalue weighted by Crippen LogP contribution is -2.52. The molecule has 0 radical (unpaired) electrons. The summed E-state index contributed by atoms with van der Waals surface area (Å²) >= 11 is 0. The van der Waals surface area contributed by atoms with Crippen molar-refractivity contribution in [3.05, 3.63) is 59.7 Å². The van der Waals surface area contributed by atoms with Gasteiger partial charge in [-0.1, -0.05) is 30.3 Å². The van der Waals surface area contributed by atoms with E-state index >= 15 is 0 Å². The minimum Gasteiger partial charge on any atom is -0.497 e. The van der Waals surface area contributed by atoms with Crippen LogP contribution in [0.25, 0.3) is 0 Å².